The average Bonchev–Trinajstić information content (AvgIpc) is 2.63. The van der Waals surface area contributed by atoms with E-state index in [1.165, 1.54) is 5.56 Å². The zero-order valence-electron chi connectivity index (χ0n) is 12.2. The molecule has 1 heterocycles. The average molecular weight is 261 g/mol. The Labute approximate surface area is 115 Å². The molecule has 19 heavy (non-hydrogen) atoms. The molecule has 0 spiro atoms. The molecule has 0 bridgehead atoms. The van der Waals surface area contributed by atoms with E-state index in [0.29, 0.717) is 12.3 Å². The van der Waals surface area contributed by atoms with Gasteiger partial charge in [-0.3, -0.25) is 4.79 Å². The number of hydrogen-bond donors (Lipinski definition) is 2. The molecule has 1 aromatic rings. The van der Waals surface area contributed by atoms with Crippen LogP contribution in [0.2, 0.25) is 0 Å². The molecular weight excluding hydrogens is 238 g/mol. The fourth-order valence-electron chi connectivity index (χ4n) is 2.65. The number of carbonyl (C=O) groups excluding carboxylic acids is 1. The minimum Gasteiger partial charge on any atom is -0.388 e. The summed E-state index contributed by atoms with van der Waals surface area (Å²) in [5.74, 6) is 0.332. The summed E-state index contributed by atoms with van der Waals surface area (Å²) >= 11 is 0. The van der Waals surface area contributed by atoms with Gasteiger partial charge in [0.05, 0.1) is 17.7 Å². The first kappa shape index (κ1) is 14.1. The molecule has 0 saturated heterocycles. The van der Waals surface area contributed by atoms with Gasteiger partial charge in [0.2, 0.25) is 5.91 Å². The minimum atomic E-state index is -0.508. The second-order valence-corrected chi connectivity index (χ2v) is 5.86. The van der Waals surface area contributed by atoms with Crippen LogP contribution in [-0.4, -0.2) is 11.0 Å². The van der Waals surface area contributed by atoms with Crippen molar-refractivity contribution in [1.29, 1.82) is 0 Å². The van der Waals surface area contributed by atoms with Gasteiger partial charge in [-0.1, -0.05) is 32.9 Å². The number of rotatable bonds is 4. The molecule has 0 aromatic heterocycles. The molecule has 104 valence electrons. The molecule has 1 aliphatic rings. The van der Waals surface area contributed by atoms with Crippen molar-refractivity contribution in [3.63, 3.8) is 0 Å². The molecule has 0 saturated carbocycles. The highest BCUT2D eigenvalue weighted by atomic mass is 16.3. The summed E-state index contributed by atoms with van der Waals surface area (Å²) in [4.78, 5) is 11.8. The highest BCUT2D eigenvalue weighted by molar-refractivity contribution is 6.03. The number of aliphatic hydroxyl groups excluding tert-OH is 1. The largest absolute Gasteiger partial charge is 0.388 e. The van der Waals surface area contributed by atoms with E-state index in [9.17, 15) is 9.90 Å². The smallest absolute Gasteiger partial charge is 0.231 e. The van der Waals surface area contributed by atoms with Crippen LogP contribution in [-0.2, 0) is 11.2 Å². The molecule has 2 atom stereocenters. The second-order valence-electron chi connectivity index (χ2n) is 5.86. The Kier molecular flexibility index (Phi) is 3.95. The number of anilines is 1. The van der Waals surface area contributed by atoms with Crippen LogP contribution in [0, 0.1) is 5.92 Å². The second kappa shape index (κ2) is 5.33. The third-order valence-corrected chi connectivity index (χ3v) is 3.83. The predicted molar refractivity (Wildman–Crippen MR) is 77.3 cm³/mol. The van der Waals surface area contributed by atoms with Crippen molar-refractivity contribution in [2.75, 3.05) is 5.32 Å². The zero-order chi connectivity index (χ0) is 14.2. The van der Waals surface area contributed by atoms with Crippen molar-refractivity contribution < 1.29 is 9.90 Å². The maximum atomic E-state index is 11.8. The van der Waals surface area contributed by atoms with E-state index >= 15 is 0 Å². The number of aryl methyl sites for hydroxylation is 1. The third kappa shape index (κ3) is 2.66. The molecule has 0 radical (unpaired) electrons. The summed E-state index contributed by atoms with van der Waals surface area (Å²) in [5, 5.41) is 13.3. The molecular formula is C16H23NO2. The van der Waals surface area contributed by atoms with Crippen LogP contribution >= 0.6 is 0 Å². The summed E-state index contributed by atoms with van der Waals surface area (Å²) in [6.07, 6.45) is 1.12. The maximum absolute atomic E-state index is 11.8. The van der Waals surface area contributed by atoms with Gasteiger partial charge in [0, 0.05) is 5.56 Å². The Hall–Kier alpha value is -1.35. The highest BCUT2D eigenvalue weighted by Crippen LogP contribution is 2.40. The summed E-state index contributed by atoms with van der Waals surface area (Å²) in [6, 6.07) is 4.12. The number of amides is 1. The monoisotopic (exact) mass is 261 g/mol. The fourth-order valence-corrected chi connectivity index (χ4v) is 2.65. The Morgan fingerprint density at radius 3 is 2.63 bits per heavy atom. The molecule has 3 nitrogen and oxygen atoms in total. The van der Waals surface area contributed by atoms with E-state index in [-0.39, 0.29) is 11.8 Å². The molecule has 1 aromatic carbocycles. The lowest BCUT2D eigenvalue weighted by atomic mass is 9.91. The number of benzene rings is 1. The Morgan fingerprint density at radius 2 is 2.05 bits per heavy atom. The van der Waals surface area contributed by atoms with E-state index in [2.05, 4.69) is 32.2 Å². The third-order valence-electron chi connectivity index (χ3n) is 3.83. The normalized spacial score (nSPS) is 19.5. The summed E-state index contributed by atoms with van der Waals surface area (Å²) < 4.78 is 0. The molecule has 3 heteroatoms. The van der Waals surface area contributed by atoms with Crippen LogP contribution < -0.4 is 5.32 Å². The SMILES string of the molecule is CCc1cc(C(O)CC(C)C)c2c(c1)C(C)C(=O)N2. The van der Waals surface area contributed by atoms with E-state index < -0.39 is 6.10 Å². The van der Waals surface area contributed by atoms with Gasteiger partial charge >= 0.3 is 0 Å². The summed E-state index contributed by atoms with van der Waals surface area (Å²) in [5.41, 5.74) is 3.92. The predicted octanol–water partition coefficient (Wildman–Crippen LogP) is 3.38. The van der Waals surface area contributed by atoms with Gasteiger partial charge in [0.25, 0.3) is 0 Å². The van der Waals surface area contributed by atoms with Gasteiger partial charge in [0.15, 0.2) is 0 Å². The van der Waals surface area contributed by atoms with E-state index in [1.807, 2.05) is 13.0 Å². The zero-order valence-corrected chi connectivity index (χ0v) is 12.2. The van der Waals surface area contributed by atoms with Gasteiger partial charge < -0.3 is 10.4 Å². The van der Waals surface area contributed by atoms with Gasteiger partial charge in [-0.25, -0.2) is 0 Å². The number of nitrogens with one attached hydrogen (secondary N) is 1. The fraction of sp³-hybridized carbons (Fsp3) is 0.562. The number of hydrogen-bond acceptors (Lipinski definition) is 2. The van der Waals surface area contributed by atoms with Crippen molar-refractivity contribution in [2.24, 2.45) is 5.92 Å². The first-order valence-corrected chi connectivity index (χ1v) is 7.09. The van der Waals surface area contributed by atoms with Crippen LogP contribution in [0.4, 0.5) is 5.69 Å². The lowest BCUT2D eigenvalue weighted by Crippen LogP contribution is -2.10. The van der Waals surface area contributed by atoms with E-state index in [1.54, 1.807) is 0 Å². The molecule has 2 rings (SSSR count). The number of carbonyl (C=O) groups is 1. The topological polar surface area (TPSA) is 49.3 Å². The molecule has 1 amide bonds. The Bertz CT molecular complexity index is 494. The Balaban J connectivity index is 2.46. The molecule has 0 fully saturated rings. The number of fused-ring (bicyclic) bond motifs is 1. The van der Waals surface area contributed by atoms with Crippen LogP contribution in [0.15, 0.2) is 12.1 Å². The van der Waals surface area contributed by atoms with Gasteiger partial charge in [-0.15, -0.1) is 0 Å². The number of aliphatic hydroxyl groups is 1. The van der Waals surface area contributed by atoms with Gasteiger partial charge in [-0.05, 0) is 36.8 Å². The van der Waals surface area contributed by atoms with Crippen molar-refractivity contribution in [3.05, 3.63) is 28.8 Å². The molecule has 2 N–H and O–H groups in total. The van der Waals surface area contributed by atoms with Gasteiger partial charge in [0.1, 0.15) is 0 Å². The summed E-state index contributed by atoms with van der Waals surface area (Å²) in [7, 11) is 0. The summed E-state index contributed by atoms with van der Waals surface area (Å²) in [6.45, 7) is 8.19. The van der Waals surface area contributed by atoms with E-state index in [4.69, 9.17) is 0 Å². The van der Waals surface area contributed by atoms with Gasteiger partial charge in [-0.2, -0.15) is 0 Å². The Morgan fingerprint density at radius 1 is 1.37 bits per heavy atom. The first-order valence-electron chi connectivity index (χ1n) is 7.09. The van der Waals surface area contributed by atoms with Crippen molar-refractivity contribution >= 4 is 11.6 Å². The quantitative estimate of drug-likeness (QED) is 0.873. The van der Waals surface area contributed by atoms with Crippen molar-refractivity contribution in [1.82, 2.24) is 0 Å². The molecule has 2 unspecified atom stereocenters. The van der Waals surface area contributed by atoms with Crippen molar-refractivity contribution in [3.8, 4) is 0 Å². The minimum absolute atomic E-state index is 0.0289. The molecule has 0 aliphatic carbocycles. The lowest BCUT2D eigenvalue weighted by molar-refractivity contribution is -0.116. The first-order chi connectivity index (χ1) is 8.93. The lowest BCUT2D eigenvalue weighted by Gasteiger charge is -2.18. The van der Waals surface area contributed by atoms with Crippen molar-refractivity contribution in [2.45, 2.75) is 52.6 Å². The van der Waals surface area contributed by atoms with Crippen LogP contribution in [0.1, 0.15) is 62.8 Å². The molecule has 1 aliphatic heterocycles. The standard InChI is InChI=1S/C16H23NO2/c1-5-11-7-12-10(4)16(19)17-15(12)13(8-11)14(18)6-9(2)3/h7-10,14,18H,5-6H2,1-4H3,(H,17,19). The van der Waals surface area contributed by atoms with Crippen LogP contribution in [0.25, 0.3) is 0 Å². The van der Waals surface area contributed by atoms with Crippen LogP contribution in [0.3, 0.4) is 0 Å². The van der Waals surface area contributed by atoms with Crippen LogP contribution in [0.5, 0.6) is 0 Å². The highest BCUT2D eigenvalue weighted by Gasteiger charge is 2.30. The van der Waals surface area contributed by atoms with E-state index in [0.717, 1.165) is 23.2 Å². The maximum Gasteiger partial charge on any atom is 0.231 e.